The smallest absolute Gasteiger partial charge is 0.114 e. The highest BCUT2D eigenvalue weighted by Gasteiger charge is 2.26. The summed E-state index contributed by atoms with van der Waals surface area (Å²) in [6, 6.07) is 2.02. The van der Waals surface area contributed by atoms with E-state index in [2.05, 4.69) is 10.2 Å². The summed E-state index contributed by atoms with van der Waals surface area (Å²) in [5.41, 5.74) is 6.78. The molecular formula is C7H11N3O. The lowest BCUT2D eigenvalue weighted by Crippen LogP contribution is -2.23. The number of hydrogen-bond acceptors (Lipinski definition) is 3. The molecular weight excluding hydrogens is 142 g/mol. The number of nitrogens with two attached hydrogens (primary N) is 1. The highest BCUT2D eigenvalue weighted by atomic mass is 16.5. The molecule has 0 amide bonds. The molecule has 2 atom stereocenters. The molecule has 4 heteroatoms. The van der Waals surface area contributed by atoms with Crippen LogP contribution in [0.1, 0.15) is 18.2 Å². The standard InChI is InChI=1S/C7H11N3O/c8-5-2-4-11-7(5)6-1-3-9-10-6/h1,3,5,7H,2,4,8H2,(H,9,10). The normalized spacial score (nSPS) is 31.0. The van der Waals surface area contributed by atoms with E-state index in [0.717, 1.165) is 18.7 Å². The van der Waals surface area contributed by atoms with Crippen molar-refractivity contribution < 1.29 is 4.74 Å². The molecule has 0 spiro atoms. The number of aromatic nitrogens is 2. The quantitative estimate of drug-likeness (QED) is 0.605. The summed E-state index contributed by atoms with van der Waals surface area (Å²) in [6.07, 6.45) is 2.67. The lowest BCUT2D eigenvalue weighted by molar-refractivity contribution is 0.101. The Labute approximate surface area is 64.7 Å². The topological polar surface area (TPSA) is 63.9 Å². The summed E-state index contributed by atoms with van der Waals surface area (Å²) in [4.78, 5) is 0. The van der Waals surface area contributed by atoms with Gasteiger partial charge in [0.25, 0.3) is 0 Å². The second-order valence-corrected chi connectivity index (χ2v) is 2.76. The van der Waals surface area contributed by atoms with Crippen LogP contribution in [0.25, 0.3) is 0 Å². The van der Waals surface area contributed by atoms with Crippen LogP contribution >= 0.6 is 0 Å². The first-order valence-electron chi connectivity index (χ1n) is 3.74. The molecule has 0 radical (unpaired) electrons. The molecule has 4 nitrogen and oxygen atoms in total. The first-order valence-corrected chi connectivity index (χ1v) is 3.74. The van der Waals surface area contributed by atoms with Crippen molar-refractivity contribution in [3.63, 3.8) is 0 Å². The summed E-state index contributed by atoms with van der Waals surface area (Å²) in [5.74, 6) is 0. The van der Waals surface area contributed by atoms with Gasteiger partial charge in [-0.05, 0) is 12.5 Å². The lowest BCUT2D eigenvalue weighted by Gasteiger charge is -2.11. The van der Waals surface area contributed by atoms with E-state index in [0.29, 0.717) is 0 Å². The third-order valence-electron chi connectivity index (χ3n) is 1.97. The van der Waals surface area contributed by atoms with Crippen LogP contribution in [0.15, 0.2) is 12.3 Å². The fourth-order valence-corrected chi connectivity index (χ4v) is 1.35. The van der Waals surface area contributed by atoms with E-state index < -0.39 is 0 Å². The Balaban J connectivity index is 2.16. The zero-order chi connectivity index (χ0) is 7.68. The number of nitrogens with zero attached hydrogens (tertiary/aromatic N) is 1. The van der Waals surface area contributed by atoms with Gasteiger partial charge in [0.15, 0.2) is 0 Å². The fraction of sp³-hybridized carbons (Fsp3) is 0.571. The van der Waals surface area contributed by atoms with Gasteiger partial charge in [-0.2, -0.15) is 5.10 Å². The fourth-order valence-electron chi connectivity index (χ4n) is 1.35. The zero-order valence-corrected chi connectivity index (χ0v) is 6.16. The predicted molar refractivity (Wildman–Crippen MR) is 39.9 cm³/mol. The van der Waals surface area contributed by atoms with Crippen molar-refractivity contribution in [1.29, 1.82) is 0 Å². The summed E-state index contributed by atoms with van der Waals surface area (Å²) < 4.78 is 5.41. The molecule has 0 aliphatic carbocycles. The molecule has 0 aromatic carbocycles. The van der Waals surface area contributed by atoms with Crippen LogP contribution in [-0.4, -0.2) is 22.8 Å². The SMILES string of the molecule is NC1CCOC1c1ccn[nH]1. The number of hydrogen-bond donors (Lipinski definition) is 2. The average molecular weight is 153 g/mol. The third-order valence-corrected chi connectivity index (χ3v) is 1.97. The van der Waals surface area contributed by atoms with Crippen LogP contribution in [0.2, 0.25) is 0 Å². The van der Waals surface area contributed by atoms with Crippen LogP contribution in [0.5, 0.6) is 0 Å². The van der Waals surface area contributed by atoms with Gasteiger partial charge < -0.3 is 10.5 Å². The molecule has 1 fully saturated rings. The van der Waals surface area contributed by atoms with Crippen LogP contribution in [-0.2, 0) is 4.74 Å². The molecule has 2 rings (SSSR count). The maximum absolute atomic E-state index is 5.80. The van der Waals surface area contributed by atoms with E-state index in [-0.39, 0.29) is 12.1 Å². The molecule has 60 valence electrons. The van der Waals surface area contributed by atoms with Crippen molar-refractivity contribution in [2.45, 2.75) is 18.6 Å². The van der Waals surface area contributed by atoms with E-state index >= 15 is 0 Å². The average Bonchev–Trinajstić information content (AvgIpc) is 2.55. The van der Waals surface area contributed by atoms with Crippen molar-refractivity contribution in [3.8, 4) is 0 Å². The third kappa shape index (κ3) is 1.15. The van der Waals surface area contributed by atoms with Crippen molar-refractivity contribution in [2.24, 2.45) is 5.73 Å². The van der Waals surface area contributed by atoms with Crippen LogP contribution in [0.3, 0.4) is 0 Å². The van der Waals surface area contributed by atoms with E-state index in [9.17, 15) is 0 Å². The minimum Gasteiger partial charge on any atom is -0.370 e. The Morgan fingerprint density at radius 3 is 3.18 bits per heavy atom. The lowest BCUT2D eigenvalue weighted by atomic mass is 10.1. The monoisotopic (exact) mass is 153 g/mol. The predicted octanol–water partition coefficient (Wildman–Crippen LogP) is 0.198. The number of rotatable bonds is 1. The van der Waals surface area contributed by atoms with Gasteiger partial charge >= 0.3 is 0 Å². The van der Waals surface area contributed by atoms with E-state index in [1.807, 2.05) is 6.07 Å². The Hall–Kier alpha value is -0.870. The highest BCUT2D eigenvalue weighted by Crippen LogP contribution is 2.25. The van der Waals surface area contributed by atoms with Crippen LogP contribution < -0.4 is 5.73 Å². The molecule has 1 aromatic heterocycles. The summed E-state index contributed by atoms with van der Waals surface area (Å²) >= 11 is 0. The molecule has 1 saturated heterocycles. The van der Waals surface area contributed by atoms with Crippen molar-refractivity contribution in [3.05, 3.63) is 18.0 Å². The zero-order valence-electron chi connectivity index (χ0n) is 6.16. The Bertz CT molecular complexity index is 222. The summed E-state index contributed by atoms with van der Waals surface area (Å²) in [7, 11) is 0. The first-order chi connectivity index (χ1) is 5.38. The van der Waals surface area contributed by atoms with E-state index in [4.69, 9.17) is 10.5 Å². The number of aromatic amines is 1. The van der Waals surface area contributed by atoms with Gasteiger partial charge in [-0.15, -0.1) is 0 Å². The Morgan fingerprint density at radius 2 is 2.64 bits per heavy atom. The largest absolute Gasteiger partial charge is 0.370 e. The van der Waals surface area contributed by atoms with Crippen LogP contribution in [0, 0.1) is 0 Å². The van der Waals surface area contributed by atoms with Gasteiger partial charge in [-0.25, -0.2) is 0 Å². The maximum Gasteiger partial charge on any atom is 0.114 e. The molecule has 0 bridgehead atoms. The van der Waals surface area contributed by atoms with Crippen molar-refractivity contribution in [1.82, 2.24) is 10.2 Å². The number of nitrogens with one attached hydrogen (secondary N) is 1. The highest BCUT2D eigenvalue weighted by molar-refractivity contribution is 5.06. The van der Waals surface area contributed by atoms with Gasteiger partial charge in [0.05, 0.1) is 5.69 Å². The van der Waals surface area contributed by atoms with Gasteiger partial charge in [0.2, 0.25) is 0 Å². The molecule has 1 aliphatic rings. The van der Waals surface area contributed by atoms with Gasteiger partial charge in [0, 0.05) is 18.8 Å². The van der Waals surface area contributed by atoms with Gasteiger partial charge in [-0.3, -0.25) is 5.10 Å². The first kappa shape index (κ1) is 6.82. The van der Waals surface area contributed by atoms with Crippen LogP contribution in [0.4, 0.5) is 0 Å². The molecule has 1 aliphatic heterocycles. The Morgan fingerprint density at radius 1 is 1.73 bits per heavy atom. The minimum atomic E-state index is 0.0255. The van der Waals surface area contributed by atoms with Gasteiger partial charge in [-0.1, -0.05) is 0 Å². The molecule has 2 unspecified atom stereocenters. The summed E-state index contributed by atoms with van der Waals surface area (Å²) in [6.45, 7) is 0.755. The maximum atomic E-state index is 5.80. The molecule has 0 saturated carbocycles. The molecule has 1 aromatic rings. The van der Waals surface area contributed by atoms with E-state index in [1.54, 1.807) is 6.20 Å². The van der Waals surface area contributed by atoms with Gasteiger partial charge in [0.1, 0.15) is 6.10 Å². The summed E-state index contributed by atoms with van der Waals surface area (Å²) in [5, 5.41) is 6.70. The number of H-pyrrole nitrogens is 1. The second-order valence-electron chi connectivity index (χ2n) is 2.76. The van der Waals surface area contributed by atoms with Crippen molar-refractivity contribution >= 4 is 0 Å². The van der Waals surface area contributed by atoms with E-state index in [1.165, 1.54) is 0 Å². The molecule has 11 heavy (non-hydrogen) atoms. The number of ether oxygens (including phenoxy) is 1. The minimum absolute atomic E-state index is 0.0255. The molecule has 3 N–H and O–H groups in total. The second kappa shape index (κ2) is 2.64. The van der Waals surface area contributed by atoms with Crippen molar-refractivity contribution in [2.75, 3.05) is 6.61 Å². The molecule has 2 heterocycles. The Kier molecular flexibility index (Phi) is 1.63.